The lowest BCUT2D eigenvalue weighted by molar-refractivity contribution is 0.0225. The molecule has 0 N–H and O–H groups in total. The van der Waals surface area contributed by atoms with Crippen LogP contribution in [-0.4, -0.2) is 29.7 Å². The highest BCUT2D eigenvalue weighted by Gasteiger charge is 2.26. The van der Waals surface area contributed by atoms with Gasteiger partial charge in [0.25, 0.3) is 0 Å². The number of aryl methyl sites for hydroxylation is 1. The Hall–Kier alpha value is -1.23. The van der Waals surface area contributed by atoms with E-state index in [1.807, 2.05) is 33.8 Å². The van der Waals surface area contributed by atoms with E-state index in [0.29, 0.717) is 19.7 Å². The quantitative estimate of drug-likeness (QED) is 0.714. The molecule has 4 nitrogen and oxygen atoms in total. The van der Waals surface area contributed by atoms with Crippen LogP contribution in [0, 0.1) is 6.92 Å². The monoisotopic (exact) mass is 355 g/mol. The second kappa shape index (κ2) is 6.26. The minimum Gasteiger partial charge on any atom is -0.491 e. The van der Waals surface area contributed by atoms with E-state index in [4.69, 9.17) is 9.47 Å². The van der Waals surface area contributed by atoms with E-state index in [2.05, 4.69) is 22.0 Å². The Labute approximate surface area is 134 Å². The standard InChI is InChI=1S/C16H22BrNO3/c1-11-7-12(9-17)8-14-13(11)10-18(5-6-20-14)15(19)21-16(2,3)4/h7-8H,5-6,9-10H2,1-4H3. The van der Waals surface area contributed by atoms with Gasteiger partial charge in [0.1, 0.15) is 18.0 Å². The third-order valence-electron chi connectivity index (χ3n) is 3.27. The second-order valence-electron chi connectivity index (χ2n) is 6.27. The van der Waals surface area contributed by atoms with Crippen LogP contribution >= 0.6 is 15.9 Å². The van der Waals surface area contributed by atoms with Gasteiger partial charge in [0.15, 0.2) is 0 Å². The molecular formula is C16H22BrNO3. The van der Waals surface area contributed by atoms with Gasteiger partial charge in [-0.15, -0.1) is 0 Å². The van der Waals surface area contributed by atoms with Crippen molar-refractivity contribution in [2.45, 2.75) is 45.2 Å². The number of fused-ring (bicyclic) bond motifs is 1. The SMILES string of the molecule is Cc1cc(CBr)cc2c1CN(C(=O)OC(C)(C)C)CCO2. The number of ether oxygens (including phenoxy) is 2. The van der Waals surface area contributed by atoms with Crippen LogP contribution in [0.15, 0.2) is 12.1 Å². The lowest BCUT2D eigenvalue weighted by atomic mass is 10.0. The van der Waals surface area contributed by atoms with E-state index < -0.39 is 5.60 Å². The molecule has 0 aliphatic carbocycles. The van der Waals surface area contributed by atoms with Crippen molar-refractivity contribution in [3.05, 3.63) is 28.8 Å². The fourth-order valence-corrected chi connectivity index (χ4v) is 2.61. The largest absolute Gasteiger partial charge is 0.491 e. The molecule has 0 bridgehead atoms. The summed E-state index contributed by atoms with van der Waals surface area (Å²) in [5.74, 6) is 0.871. The highest BCUT2D eigenvalue weighted by molar-refractivity contribution is 9.08. The number of halogens is 1. The first-order chi connectivity index (χ1) is 9.80. The van der Waals surface area contributed by atoms with E-state index >= 15 is 0 Å². The van der Waals surface area contributed by atoms with Gasteiger partial charge < -0.3 is 14.4 Å². The van der Waals surface area contributed by atoms with Crippen molar-refractivity contribution in [2.75, 3.05) is 13.2 Å². The Balaban J connectivity index is 2.23. The van der Waals surface area contributed by atoms with Crippen molar-refractivity contribution < 1.29 is 14.3 Å². The van der Waals surface area contributed by atoms with Crippen molar-refractivity contribution in [2.24, 2.45) is 0 Å². The average Bonchev–Trinajstić information content (AvgIpc) is 2.59. The molecular weight excluding hydrogens is 334 g/mol. The van der Waals surface area contributed by atoms with Crippen LogP contribution in [0.25, 0.3) is 0 Å². The van der Waals surface area contributed by atoms with E-state index in [0.717, 1.165) is 22.2 Å². The van der Waals surface area contributed by atoms with E-state index in [9.17, 15) is 4.79 Å². The maximum Gasteiger partial charge on any atom is 0.410 e. The van der Waals surface area contributed by atoms with Gasteiger partial charge in [-0.1, -0.05) is 22.0 Å². The molecule has 116 valence electrons. The predicted molar refractivity (Wildman–Crippen MR) is 85.9 cm³/mol. The zero-order valence-corrected chi connectivity index (χ0v) is 14.6. The molecule has 0 saturated heterocycles. The van der Waals surface area contributed by atoms with Crippen molar-refractivity contribution in [1.82, 2.24) is 4.90 Å². The summed E-state index contributed by atoms with van der Waals surface area (Å²) in [5.41, 5.74) is 2.89. The molecule has 21 heavy (non-hydrogen) atoms. The Morgan fingerprint density at radius 1 is 1.43 bits per heavy atom. The number of nitrogens with zero attached hydrogens (tertiary/aromatic N) is 1. The molecule has 0 spiro atoms. The molecule has 2 rings (SSSR count). The van der Waals surface area contributed by atoms with Crippen molar-refractivity contribution >= 4 is 22.0 Å². The van der Waals surface area contributed by atoms with E-state index in [1.54, 1.807) is 4.90 Å². The fourth-order valence-electron chi connectivity index (χ4n) is 2.28. The maximum absolute atomic E-state index is 12.3. The zero-order valence-electron chi connectivity index (χ0n) is 13.0. The zero-order chi connectivity index (χ0) is 15.6. The fraction of sp³-hybridized carbons (Fsp3) is 0.562. The van der Waals surface area contributed by atoms with Gasteiger partial charge in [-0.2, -0.15) is 0 Å². The Bertz CT molecular complexity index is 537. The summed E-state index contributed by atoms with van der Waals surface area (Å²) >= 11 is 3.47. The highest BCUT2D eigenvalue weighted by Crippen LogP contribution is 2.29. The Morgan fingerprint density at radius 3 is 2.76 bits per heavy atom. The molecule has 5 heteroatoms. The molecule has 0 aromatic heterocycles. The molecule has 0 radical (unpaired) electrons. The number of alkyl halides is 1. The van der Waals surface area contributed by atoms with Gasteiger partial charge in [0, 0.05) is 10.9 Å². The smallest absolute Gasteiger partial charge is 0.410 e. The normalized spacial score (nSPS) is 15.0. The summed E-state index contributed by atoms with van der Waals surface area (Å²) in [6, 6.07) is 4.16. The Kier molecular flexibility index (Phi) is 4.81. The molecule has 1 aromatic rings. The van der Waals surface area contributed by atoms with Crippen LogP contribution in [-0.2, 0) is 16.6 Å². The van der Waals surface area contributed by atoms with Crippen molar-refractivity contribution in [3.63, 3.8) is 0 Å². The molecule has 1 heterocycles. The number of hydrogen-bond donors (Lipinski definition) is 0. The topological polar surface area (TPSA) is 38.8 Å². The van der Waals surface area contributed by atoms with Crippen LogP contribution < -0.4 is 4.74 Å². The summed E-state index contributed by atoms with van der Waals surface area (Å²) in [7, 11) is 0. The minimum absolute atomic E-state index is 0.289. The number of amides is 1. The first-order valence-electron chi connectivity index (χ1n) is 7.09. The predicted octanol–water partition coefficient (Wildman–Crippen LogP) is 4.02. The Morgan fingerprint density at radius 2 is 2.14 bits per heavy atom. The third kappa shape index (κ3) is 4.13. The first-order valence-corrected chi connectivity index (χ1v) is 8.21. The summed E-state index contributed by atoms with van der Waals surface area (Å²) in [5, 5.41) is 0.792. The molecule has 1 aromatic carbocycles. The second-order valence-corrected chi connectivity index (χ2v) is 6.83. The highest BCUT2D eigenvalue weighted by atomic mass is 79.9. The summed E-state index contributed by atoms with van der Waals surface area (Å²) < 4.78 is 11.3. The lowest BCUT2D eigenvalue weighted by Crippen LogP contribution is -2.37. The minimum atomic E-state index is -0.484. The molecule has 1 aliphatic heterocycles. The molecule has 1 aliphatic rings. The number of carbonyl (C=O) groups excluding carboxylic acids is 1. The third-order valence-corrected chi connectivity index (χ3v) is 3.91. The number of carbonyl (C=O) groups is 1. The van der Waals surface area contributed by atoms with Crippen LogP contribution in [0.3, 0.4) is 0 Å². The van der Waals surface area contributed by atoms with Crippen LogP contribution in [0.5, 0.6) is 5.75 Å². The van der Waals surface area contributed by atoms with Gasteiger partial charge in [0.2, 0.25) is 0 Å². The van der Waals surface area contributed by atoms with Crippen molar-refractivity contribution in [3.8, 4) is 5.75 Å². The van der Waals surface area contributed by atoms with Gasteiger partial charge in [-0.3, -0.25) is 0 Å². The van der Waals surface area contributed by atoms with Crippen LogP contribution in [0.1, 0.15) is 37.5 Å². The summed E-state index contributed by atoms with van der Waals surface area (Å²) in [4.78, 5) is 14.0. The van der Waals surface area contributed by atoms with Crippen molar-refractivity contribution in [1.29, 1.82) is 0 Å². The molecule has 0 fully saturated rings. The van der Waals surface area contributed by atoms with E-state index in [1.165, 1.54) is 5.56 Å². The molecule has 0 atom stereocenters. The van der Waals surface area contributed by atoms with Gasteiger partial charge in [-0.25, -0.2) is 4.79 Å². The molecule has 1 amide bonds. The van der Waals surface area contributed by atoms with E-state index in [-0.39, 0.29) is 6.09 Å². The van der Waals surface area contributed by atoms with Gasteiger partial charge in [0.05, 0.1) is 13.1 Å². The van der Waals surface area contributed by atoms with Crippen LogP contribution in [0.4, 0.5) is 4.79 Å². The number of hydrogen-bond acceptors (Lipinski definition) is 3. The lowest BCUT2D eigenvalue weighted by Gasteiger charge is -2.26. The van der Waals surface area contributed by atoms with Gasteiger partial charge in [-0.05, 0) is 44.9 Å². The number of benzene rings is 1. The summed E-state index contributed by atoms with van der Waals surface area (Å²) in [6.07, 6.45) is -0.289. The maximum atomic E-state index is 12.3. The van der Waals surface area contributed by atoms with Crippen LogP contribution in [0.2, 0.25) is 0 Å². The van der Waals surface area contributed by atoms with Gasteiger partial charge >= 0.3 is 6.09 Å². The summed E-state index contributed by atoms with van der Waals surface area (Å²) in [6.45, 7) is 9.22. The first kappa shape index (κ1) is 16.1. The molecule has 0 saturated carbocycles. The average molecular weight is 356 g/mol. The number of rotatable bonds is 1. The molecule has 0 unspecified atom stereocenters.